The Bertz CT molecular complexity index is 360. The Labute approximate surface area is 119 Å². The summed E-state index contributed by atoms with van der Waals surface area (Å²) in [6, 6.07) is 0.636. The number of aryl methyl sites for hydroxylation is 2. The topological polar surface area (TPSA) is 29.9 Å². The van der Waals surface area contributed by atoms with Crippen molar-refractivity contribution in [3.63, 3.8) is 0 Å². The summed E-state index contributed by atoms with van der Waals surface area (Å²) >= 11 is 3.62. The summed E-state index contributed by atoms with van der Waals surface area (Å²) in [6.07, 6.45) is 6.36. The molecule has 1 atom stereocenters. The third-order valence-corrected chi connectivity index (χ3v) is 4.39. The third-order valence-electron chi connectivity index (χ3n) is 3.36. The largest absolute Gasteiger partial charge is 0.308 e. The highest BCUT2D eigenvalue weighted by Gasteiger charge is 2.12. The second kappa shape index (κ2) is 7.95. The molecule has 0 saturated heterocycles. The van der Waals surface area contributed by atoms with Crippen LogP contribution in [0.3, 0.4) is 0 Å². The van der Waals surface area contributed by atoms with Crippen LogP contribution in [-0.4, -0.2) is 15.8 Å². The first-order valence-corrected chi connectivity index (χ1v) is 7.80. The van der Waals surface area contributed by atoms with E-state index in [1.54, 1.807) is 0 Å². The average Bonchev–Trinajstić information content (AvgIpc) is 2.58. The zero-order valence-electron chi connectivity index (χ0n) is 12.1. The molecule has 0 bridgehead atoms. The fourth-order valence-electron chi connectivity index (χ4n) is 2.26. The van der Waals surface area contributed by atoms with Gasteiger partial charge in [0.05, 0.1) is 15.9 Å². The number of hydrogen-bond donors (Lipinski definition) is 1. The van der Waals surface area contributed by atoms with Gasteiger partial charge < -0.3 is 5.32 Å². The summed E-state index contributed by atoms with van der Waals surface area (Å²) in [5, 5.41) is 8.10. The lowest BCUT2D eigenvalue weighted by Crippen LogP contribution is -2.29. The van der Waals surface area contributed by atoms with Gasteiger partial charge in [-0.05, 0) is 35.7 Å². The maximum absolute atomic E-state index is 4.43. The fraction of sp³-hybridized carbons (Fsp3) is 0.786. The Morgan fingerprint density at radius 3 is 2.50 bits per heavy atom. The van der Waals surface area contributed by atoms with Gasteiger partial charge in [0, 0.05) is 19.6 Å². The SMILES string of the molecule is CCCCC(CCC)NCc1c(Br)c(C)nn1C. The van der Waals surface area contributed by atoms with Crippen LogP contribution < -0.4 is 5.32 Å². The molecule has 0 aliphatic heterocycles. The minimum atomic E-state index is 0.636. The first-order valence-electron chi connectivity index (χ1n) is 7.01. The van der Waals surface area contributed by atoms with Crippen molar-refractivity contribution < 1.29 is 0 Å². The second-order valence-corrected chi connectivity index (χ2v) is 5.77. The van der Waals surface area contributed by atoms with Crippen molar-refractivity contribution in [2.75, 3.05) is 0 Å². The molecular weight excluding hydrogens is 290 g/mol. The van der Waals surface area contributed by atoms with Crippen LogP contribution in [-0.2, 0) is 13.6 Å². The zero-order valence-corrected chi connectivity index (χ0v) is 13.7. The zero-order chi connectivity index (χ0) is 13.5. The molecule has 0 aromatic carbocycles. The molecular formula is C14H26BrN3. The van der Waals surface area contributed by atoms with Gasteiger partial charge in [0.1, 0.15) is 0 Å². The Morgan fingerprint density at radius 2 is 2.00 bits per heavy atom. The van der Waals surface area contributed by atoms with E-state index in [0.29, 0.717) is 6.04 Å². The summed E-state index contributed by atoms with van der Waals surface area (Å²) < 4.78 is 3.11. The van der Waals surface area contributed by atoms with Crippen LogP contribution in [0.25, 0.3) is 0 Å². The van der Waals surface area contributed by atoms with E-state index in [4.69, 9.17) is 0 Å². The van der Waals surface area contributed by atoms with Crippen molar-refractivity contribution in [3.8, 4) is 0 Å². The molecule has 1 N–H and O–H groups in total. The van der Waals surface area contributed by atoms with Gasteiger partial charge in [-0.2, -0.15) is 5.10 Å². The molecule has 4 heteroatoms. The lowest BCUT2D eigenvalue weighted by Gasteiger charge is -2.18. The van der Waals surface area contributed by atoms with Gasteiger partial charge in [-0.3, -0.25) is 4.68 Å². The Hall–Kier alpha value is -0.350. The maximum Gasteiger partial charge on any atom is 0.0739 e. The van der Waals surface area contributed by atoms with E-state index < -0.39 is 0 Å². The normalized spacial score (nSPS) is 12.9. The minimum Gasteiger partial charge on any atom is -0.308 e. The molecule has 3 nitrogen and oxygen atoms in total. The van der Waals surface area contributed by atoms with Crippen LogP contribution in [0.4, 0.5) is 0 Å². The number of nitrogens with one attached hydrogen (secondary N) is 1. The average molecular weight is 316 g/mol. The highest BCUT2D eigenvalue weighted by atomic mass is 79.9. The van der Waals surface area contributed by atoms with Gasteiger partial charge in [0.2, 0.25) is 0 Å². The predicted molar refractivity (Wildman–Crippen MR) is 80.7 cm³/mol. The van der Waals surface area contributed by atoms with E-state index in [-0.39, 0.29) is 0 Å². The number of aromatic nitrogens is 2. The van der Waals surface area contributed by atoms with Crippen molar-refractivity contribution >= 4 is 15.9 Å². The minimum absolute atomic E-state index is 0.636. The van der Waals surface area contributed by atoms with Crippen molar-refractivity contribution in [1.29, 1.82) is 0 Å². The molecule has 0 saturated carbocycles. The first kappa shape index (κ1) is 15.7. The number of rotatable bonds is 8. The summed E-state index contributed by atoms with van der Waals surface area (Å²) in [6.45, 7) is 7.44. The monoisotopic (exact) mass is 315 g/mol. The summed E-state index contributed by atoms with van der Waals surface area (Å²) in [7, 11) is 2.01. The molecule has 0 fully saturated rings. The van der Waals surface area contributed by atoms with Crippen molar-refractivity contribution in [1.82, 2.24) is 15.1 Å². The molecule has 18 heavy (non-hydrogen) atoms. The Kier molecular flexibility index (Phi) is 6.94. The number of hydrogen-bond acceptors (Lipinski definition) is 2. The fourth-order valence-corrected chi connectivity index (χ4v) is 2.74. The van der Waals surface area contributed by atoms with E-state index >= 15 is 0 Å². The third kappa shape index (κ3) is 4.39. The quantitative estimate of drug-likeness (QED) is 0.787. The number of unbranched alkanes of at least 4 members (excludes halogenated alkanes) is 1. The number of halogens is 1. The molecule has 104 valence electrons. The molecule has 0 aliphatic rings. The molecule has 0 radical (unpaired) electrons. The molecule has 1 unspecified atom stereocenters. The van der Waals surface area contributed by atoms with E-state index in [0.717, 1.165) is 16.7 Å². The predicted octanol–water partition coefficient (Wildman–Crippen LogP) is 3.94. The van der Waals surface area contributed by atoms with E-state index in [9.17, 15) is 0 Å². The molecule has 1 aromatic heterocycles. The molecule has 1 heterocycles. The van der Waals surface area contributed by atoms with Crippen LogP contribution in [0.5, 0.6) is 0 Å². The van der Waals surface area contributed by atoms with Gasteiger partial charge in [-0.15, -0.1) is 0 Å². The summed E-state index contributed by atoms with van der Waals surface area (Å²) in [4.78, 5) is 0. The Balaban J connectivity index is 2.55. The molecule has 0 amide bonds. The number of nitrogens with zero attached hydrogens (tertiary/aromatic N) is 2. The molecule has 0 spiro atoms. The van der Waals surface area contributed by atoms with Gasteiger partial charge >= 0.3 is 0 Å². The van der Waals surface area contributed by atoms with Crippen LogP contribution >= 0.6 is 15.9 Å². The van der Waals surface area contributed by atoms with Gasteiger partial charge in [-0.25, -0.2) is 0 Å². The maximum atomic E-state index is 4.43. The molecule has 1 rings (SSSR count). The molecule has 0 aliphatic carbocycles. The van der Waals surface area contributed by atoms with E-state index in [1.165, 1.54) is 37.8 Å². The van der Waals surface area contributed by atoms with Gasteiger partial charge in [0.25, 0.3) is 0 Å². The van der Waals surface area contributed by atoms with Crippen molar-refractivity contribution in [2.24, 2.45) is 7.05 Å². The van der Waals surface area contributed by atoms with Crippen molar-refractivity contribution in [3.05, 3.63) is 15.9 Å². The highest BCUT2D eigenvalue weighted by molar-refractivity contribution is 9.10. The lowest BCUT2D eigenvalue weighted by atomic mass is 10.1. The van der Waals surface area contributed by atoms with E-state index in [2.05, 4.69) is 40.2 Å². The van der Waals surface area contributed by atoms with Crippen LogP contribution in [0.2, 0.25) is 0 Å². The second-order valence-electron chi connectivity index (χ2n) is 4.98. The van der Waals surface area contributed by atoms with Gasteiger partial charge in [0.15, 0.2) is 0 Å². The highest BCUT2D eigenvalue weighted by Crippen LogP contribution is 2.20. The molecule has 1 aromatic rings. The van der Waals surface area contributed by atoms with Crippen molar-refractivity contribution in [2.45, 2.75) is 65.5 Å². The summed E-state index contributed by atoms with van der Waals surface area (Å²) in [5.74, 6) is 0. The first-order chi connectivity index (χ1) is 8.60. The van der Waals surface area contributed by atoms with Crippen LogP contribution in [0.1, 0.15) is 57.3 Å². The summed E-state index contributed by atoms with van der Waals surface area (Å²) in [5.41, 5.74) is 2.31. The van der Waals surface area contributed by atoms with Gasteiger partial charge in [-0.1, -0.05) is 33.1 Å². The Morgan fingerprint density at radius 1 is 1.28 bits per heavy atom. The standard InChI is InChI=1S/C14H26BrN3/c1-5-7-9-12(8-6-2)16-10-13-14(15)11(3)17-18(13)4/h12,16H,5-10H2,1-4H3. The smallest absolute Gasteiger partial charge is 0.0739 e. The van der Waals surface area contributed by atoms with Crippen LogP contribution in [0, 0.1) is 6.92 Å². The van der Waals surface area contributed by atoms with E-state index in [1.807, 2.05) is 18.7 Å². The lowest BCUT2D eigenvalue weighted by molar-refractivity contribution is 0.427. The van der Waals surface area contributed by atoms with Crippen LogP contribution in [0.15, 0.2) is 4.47 Å².